The first-order valence-corrected chi connectivity index (χ1v) is 8.24. The van der Waals surface area contributed by atoms with Crippen LogP contribution in [0.1, 0.15) is 4.88 Å². The summed E-state index contributed by atoms with van der Waals surface area (Å²) in [5, 5.41) is 1.44. The summed E-state index contributed by atoms with van der Waals surface area (Å²) in [7, 11) is 1.12. The first kappa shape index (κ1) is 18.1. The zero-order chi connectivity index (χ0) is 16.5. The zero-order valence-corrected chi connectivity index (χ0v) is 12.3. The van der Waals surface area contributed by atoms with Gasteiger partial charge in [0.2, 0.25) is 0 Å². The van der Waals surface area contributed by atoms with E-state index in [-0.39, 0.29) is 10.6 Å². The van der Waals surface area contributed by atoms with Crippen LogP contribution in [-0.2, 0) is 20.3 Å². The predicted molar refractivity (Wildman–Crippen MR) is 65.1 cm³/mol. The van der Waals surface area contributed by atoms with Gasteiger partial charge in [0.1, 0.15) is 4.21 Å². The molecule has 0 aliphatic rings. The Balaban J connectivity index is 2.59. The quantitative estimate of drug-likeness (QED) is 0.639. The molecule has 1 N–H and O–H groups in total. The van der Waals surface area contributed by atoms with Crippen LogP contribution in [-0.4, -0.2) is 33.0 Å². The molecule has 12 heteroatoms. The zero-order valence-electron chi connectivity index (χ0n) is 9.88. The Morgan fingerprint density at radius 1 is 1.24 bits per heavy atom. The van der Waals surface area contributed by atoms with E-state index < -0.39 is 33.6 Å². The highest BCUT2D eigenvalue weighted by Gasteiger charge is 2.63. The molecule has 0 aliphatic carbocycles. The van der Waals surface area contributed by atoms with Crippen molar-refractivity contribution in [3.63, 3.8) is 0 Å². The number of hydrogen-bond acceptors (Lipinski definition) is 4. The molecule has 21 heavy (non-hydrogen) atoms. The monoisotopic (exact) mass is 371 g/mol. The lowest BCUT2D eigenvalue weighted by molar-refractivity contribution is -0.269. The molecule has 0 bridgehead atoms. The summed E-state index contributed by atoms with van der Waals surface area (Å²) in [6.07, 6.45) is -6.09. The molecule has 0 radical (unpaired) electrons. The van der Waals surface area contributed by atoms with Gasteiger partial charge in [-0.15, -0.1) is 11.3 Å². The van der Waals surface area contributed by atoms with Crippen molar-refractivity contribution in [2.45, 2.75) is 22.7 Å². The van der Waals surface area contributed by atoms with Crippen molar-refractivity contribution < 1.29 is 35.2 Å². The van der Waals surface area contributed by atoms with E-state index in [1.165, 1.54) is 11.4 Å². The van der Waals surface area contributed by atoms with Crippen LogP contribution in [0, 0.1) is 0 Å². The highest BCUT2D eigenvalue weighted by Crippen LogP contribution is 2.35. The smallest absolute Gasteiger partial charge is 0.350 e. The Bertz CT molecular complexity index is 626. The molecule has 0 unspecified atom stereocenters. The van der Waals surface area contributed by atoms with Crippen molar-refractivity contribution in [2.24, 2.45) is 0 Å². The Kier molecular flexibility index (Phi) is 5.22. The number of amides is 1. The Labute approximate surface area is 124 Å². The molecule has 0 spiro atoms. The topological polar surface area (TPSA) is 63.2 Å². The number of rotatable bonds is 5. The minimum Gasteiger partial charge on any atom is -0.350 e. The van der Waals surface area contributed by atoms with E-state index >= 15 is 0 Å². The Hall–Kier alpha value is -0.940. The van der Waals surface area contributed by atoms with Crippen molar-refractivity contribution in [1.29, 1.82) is 0 Å². The molecule has 0 atom stereocenters. The summed E-state index contributed by atoms with van der Waals surface area (Å²) in [6.45, 7) is -0.507. The maximum atomic E-state index is 12.6. The Morgan fingerprint density at radius 2 is 1.81 bits per heavy atom. The van der Waals surface area contributed by atoms with Crippen LogP contribution in [0.5, 0.6) is 0 Å². The number of carbonyl (C=O) groups excluding carboxylic acids is 1. The summed E-state index contributed by atoms with van der Waals surface area (Å²) in [5.41, 5.74) is 0. The molecule has 0 aromatic carbocycles. The minimum atomic E-state index is -5.97. The highest BCUT2D eigenvalue weighted by atomic mass is 35.7. The van der Waals surface area contributed by atoms with Crippen molar-refractivity contribution in [2.75, 3.05) is 6.54 Å². The van der Waals surface area contributed by atoms with Gasteiger partial charge in [-0.05, 0) is 18.6 Å². The van der Waals surface area contributed by atoms with Gasteiger partial charge >= 0.3 is 12.1 Å². The lowest BCUT2D eigenvalue weighted by Gasteiger charge is -2.18. The molecule has 1 aromatic heterocycles. The van der Waals surface area contributed by atoms with Gasteiger partial charge in [0.05, 0.1) is 0 Å². The minimum absolute atomic E-state index is 0.114. The van der Waals surface area contributed by atoms with E-state index in [0.29, 0.717) is 4.88 Å². The molecular formula is C9H7ClF5NO3S2. The molecule has 0 saturated heterocycles. The molecule has 1 amide bonds. The fraction of sp³-hybridized carbons (Fsp3) is 0.444. The summed E-state index contributed by atoms with van der Waals surface area (Å²) in [6, 6.07) is 2.47. The van der Waals surface area contributed by atoms with Crippen LogP contribution in [0.3, 0.4) is 0 Å². The molecule has 4 nitrogen and oxygen atoms in total. The second-order valence-corrected chi connectivity index (χ2v) is 7.70. The van der Waals surface area contributed by atoms with Crippen LogP contribution < -0.4 is 5.32 Å². The second kappa shape index (κ2) is 6.05. The first-order valence-electron chi connectivity index (χ1n) is 5.12. The van der Waals surface area contributed by atoms with Gasteiger partial charge in [-0.2, -0.15) is 22.0 Å². The Morgan fingerprint density at radius 3 is 2.24 bits per heavy atom. The van der Waals surface area contributed by atoms with Gasteiger partial charge in [-0.3, -0.25) is 4.79 Å². The van der Waals surface area contributed by atoms with Gasteiger partial charge in [0.15, 0.2) is 0 Å². The lowest BCUT2D eigenvalue weighted by atomic mass is 10.3. The predicted octanol–water partition coefficient (Wildman–Crippen LogP) is 2.53. The van der Waals surface area contributed by atoms with E-state index in [2.05, 4.69) is 0 Å². The number of halogens is 6. The SMILES string of the molecule is O=C(NCCc1ccc(S(=O)(=O)Cl)s1)C(F)(F)C(F)(F)F. The summed E-state index contributed by atoms with van der Waals surface area (Å²) >= 11 is 0.724. The average molecular weight is 372 g/mol. The van der Waals surface area contributed by atoms with E-state index in [1.54, 1.807) is 0 Å². The number of alkyl halides is 5. The summed E-state index contributed by atoms with van der Waals surface area (Å²) in [4.78, 5) is 11.1. The molecule has 1 rings (SSSR count). The number of hydrogen-bond donors (Lipinski definition) is 1. The van der Waals surface area contributed by atoms with Crippen molar-refractivity contribution in [3.8, 4) is 0 Å². The highest BCUT2D eigenvalue weighted by molar-refractivity contribution is 8.15. The summed E-state index contributed by atoms with van der Waals surface area (Å²) in [5.74, 6) is -7.94. The molecule has 0 saturated carbocycles. The van der Waals surface area contributed by atoms with E-state index in [4.69, 9.17) is 10.7 Å². The first-order chi connectivity index (χ1) is 9.35. The van der Waals surface area contributed by atoms with Crippen LogP contribution in [0.2, 0.25) is 0 Å². The molecule has 0 aliphatic heterocycles. The number of carbonyl (C=O) groups is 1. The third-order valence-electron chi connectivity index (χ3n) is 2.18. The van der Waals surface area contributed by atoms with Crippen LogP contribution in [0.25, 0.3) is 0 Å². The third kappa shape index (κ3) is 4.51. The van der Waals surface area contributed by atoms with Crippen LogP contribution >= 0.6 is 22.0 Å². The number of thiophene rings is 1. The standard InChI is InChI=1S/C9H7ClF5NO3S2/c10-21(18,19)6-2-1-5(20-6)3-4-16-7(17)8(11,12)9(13,14)15/h1-2H,3-4H2,(H,16,17). The molecule has 0 fully saturated rings. The fourth-order valence-corrected chi connectivity index (χ4v) is 3.28. The van der Waals surface area contributed by atoms with Crippen LogP contribution in [0.4, 0.5) is 22.0 Å². The van der Waals surface area contributed by atoms with Gasteiger partial charge < -0.3 is 5.32 Å². The molecule has 1 aromatic rings. The third-order valence-corrected chi connectivity index (χ3v) is 5.41. The lowest BCUT2D eigenvalue weighted by Crippen LogP contribution is -2.50. The largest absolute Gasteiger partial charge is 0.463 e. The van der Waals surface area contributed by atoms with Crippen molar-refractivity contribution >= 4 is 37.0 Å². The average Bonchev–Trinajstić information content (AvgIpc) is 2.75. The molecule has 1 heterocycles. The van der Waals surface area contributed by atoms with Gasteiger partial charge in [0.25, 0.3) is 15.0 Å². The van der Waals surface area contributed by atoms with E-state index in [0.717, 1.165) is 17.4 Å². The molecule has 120 valence electrons. The van der Waals surface area contributed by atoms with Crippen LogP contribution in [0.15, 0.2) is 16.3 Å². The van der Waals surface area contributed by atoms with Gasteiger partial charge in [-0.1, -0.05) is 0 Å². The maximum absolute atomic E-state index is 12.6. The summed E-state index contributed by atoms with van der Waals surface area (Å²) < 4.78 is 82.5. The van der Waals surface area contributed by atoms with Gasteiger partial charge in [0, 0.05) is 22.1 Å². The second-order valence-electron chi connectivity index (χ2n) is 3.74. The van der Waals surface area contributed by atoms with Crippen molar-refractivity contribution in [1.82, 2.24) is 5.32 Å². The van der Waals surface area contributed by atoms with Crippen molar-refractivity contribution in [3.05, 3.63) is 17.0 Å². The molecular weight excluding hydrogens is 365 g/mol. The maximum Gasteiger partial charge on any atom is 0.463 e. The van der Waals surface area contributed by atoms with E-state index in [1.807, 2.05) is 0 Å². The van der Waals surface area contributed by atoms with E-state index in [9.17, 15) is 35.2 Å². The normalized spacial score (nSPS) is 13.2. The fourth-order valence-electron chi connectivity index (χ4n) is 1.16. The van der Waals surface area contributed by atoms with Gasteiger partial charge in [-0.25, -0.2) is 8.42 Å². The number of nitrogens with one attached hydrogen (secondary N) is 1.